The van der Waals surface area contributed by atoms with E-state index in [1.165, 1.54) is 19.6 Å². The summed E-state index contributed by atoms with van der Waals surface area (Å²) in [5.41, 5.74) is -0.318. The van der Waals surface area contributed by atoms with Crippen LogP contribution in [0.4, 0.5) is 0 Å². The maximum absolute atomic E-state index is 9.60. The van der Waals surface area contributed by atoms with Gasteiger partial charge >= 0.3 is 0 Å². The molecule has 102 valence electrons. The number of hydrogen-bond donors (Lipinski definition) is 2. The van der Waals surface area contributed by atoms with Crippen molar-refractivity contribution in [1.29, 1.82) is 0 Å². The monoisotopic (exact) mass is 245 g/mol. The molecular formula is C12H27N3O2. The Hall–Kier alpha value is -0.650. The molecule has 1 heterocycles. The number of carbonyl (C=O) groups excluding carboxylic acids is 1. The van der Waals surface area contributed by atoms with Gasteiger partial charge in [0.15, 0.2) is 0 Å². The van der Waals surface area contributed by atoms with E-state index < -0.39 is 0 Å². The summed E-state index contributed by atoms with van der Waals surface area (Å²) in [4.78, 5) is 12.1. The minimum atomic E-state index is -0.318. The second-order valence-corrected chi connectivity index (χ2v) is 5.02. The Kier molecular flexibility index (Phi) is 9.03. The predicted molar refractivity (Wildman–Crippen MR) is 70.1 cm³/mol. The molecule has 0 aromatic heterocycles. The normalized spacial score (nSPS) is 16.9. The molecule has 0 bridgehead atoms. The smallest absolute Gasteiger partial charge is 0.293 e. The first-order valence-corrected chi connectivity index (χ1v) is 6.18. The summed E-state index contributed by atoms with van der Waals surface area (Å²) in [7, 11) is 2.00. The summed E-state index contributed by atoms with van der Waals surface area (Å²) in [5, 5.41) is 6.48. The largest absolute Gasteiger partial charge is 0.462 e. The minimum Gasteiger partial charge on any atom is -0.462 e. The molecule has 0 amide bonds. The van der Waals surface area contributed by atoms with Crippen molar-refractivity contribution >= 4 is 6.47 Å². The number of hydrogen-bond acceptors (Lipinski definition) is 5. The zero-order valence-electron chi connectivity index (χ0n) is 11.6. The van der Waals surface area contributed by atoms with Gasteiger partial charge in [-0.1, -0.05) is 0 Å². The Morgan fingerprint density at radius 1 is 1.35 bits per heavy atom. The van der Waals surface area contributed by atoms with Gasteiger partial charge in [-0.25, -0.2) is 0 Å². The predicted octanol–water partition coefficient (Wildman–Crippen LogP) is 0.0689. The fourth-order valence-corrected chi connectivity index (χ4v) is 1.35. The quantitative estimate of drug-likeness (QED) is 0.687. The standard InChI is InChI=1S/C7H17N3.C5H10O2/c1-8-2-5-10-6-3-9-4-7-10;1-5(2,3)7-4-6/h8-9H,2-7H2,1H3;4H,1-3H3. The summed E-state index contributed by atoms with van der Waals surface area (Å²) in [6.45, 7) is 13.0. The molecule has 1 rings (SSSR count). The summed E-state index contributed by atoms with van der Waals surface area (Å²) >= 11 is 0. The van der Waals surface area contributed by atoms with E-state index in [9.17, 15) is 4.79 Å². The van der Waals surface area contributed by atoms with Crippen LogP contribution < -0.4 is 10.6 Å². The first kappa shape index (κ1) is 16.4. The third-order valence-corrected chi connectivity index (χ3v) is 2.29. The van der Waals surface area contributed by atoms with Gasteiger partial charge in [0.1, 0.15) is 5.60 Å². The van der Waals surface area contributed by atoms with Crippen molar-refractivity contribution in [1.82, 2.24) is 15.5 Å². The lowest BCUT2D eigenvalue weighted by Crippen LogP contribution is -2.45. The van der Waals surface area contributed by atoms with Gasteiger partial charge in [0, 0.05) is 39.3 Å². The zero-order valence-corrected chi connectivity index (χ0v) is 11.6. The zero-order chi connectivity index (χ0) is 13.1. The average Bonchev–Trinajstić information content (AvgIpc) is 2.27. The second kappa shape index (κ2) is 9.39. The summed E-state index contributed by atoms with van der Waals surface area (Å²) in [5.74, 6) is 0. The number of carbonyl (C=O) groups is 1. The van der Waals surface area contributed by atoms with E-state index in [1.807, 2.05) is 27.8 Å². The van der Waals surface area contributed by atoms with Gasteiger partial charge in [-0.2, -0.15) is 0 Å². The first-order valence-electron chi connectivity index (χ1n) is 6.18. The van der Waals surface area contributed by atoms with Crippen molar-refractivity contribution in [2.24, 2.45) is 0 Å². The van der Waals surface area contributed by atoms with Gasteiger partial charge in [-0.15, -0.1) is 0 Å². The van der Waals surface area contributed by atoms with Crippen LogP contribution in [0.2, 0.25) is 0 Å². The van der Waals surface area contributed by atoms with E-state index in [1.54, 1.807) is 0 Å². The number of likely N-dealkylation sites (N-methyl/N-ethyl adjacent to an activating group) is 1. The van der Waals surface area contributed by atoms with Gasteiger partial charge < -0.3 is 15.4 Å². The summed E-state index contributed by atoms with van der Waals surface area (Å²) in [6.07, 6.45) is 0. The Morgan fingerprint density at radius 3 is 2.29 bits per heavy atom. The van der Waals surface area contributed by atoms with E-state index in [-0.39, 0.29) is 5.60 Å². The van der Waals surface area contributed by atoms with Gasteiger partial charge in [0.25, 0.3) is 6.47 Å². The van der Waals surface area contributed by atoms with Crippen molar-refractivity contribution in [2.75, 3.05) is 46.3 Å². The molecule has 0 aliphatic carbocycles. The molecule has 0 spiro atoms. The highest BCUT2D eigenvalue weighted by Gasteiger charge is 2.07. The Balaban J connectivity index is 0.000000325. The Morgan fingerprint density at radius 2 is 1.94 bits per heavy atom. The molecule has 0 saturated carbocycles. The number of nitrogens with zero attached hydrogens (tertiary/aromatic N) is 1. The molecule has 0 unspecified atom stereocenters. The van der Waals surface area contributed by atoms with E-state index >= 15 is 0 Å². The van der Waals surface area contributed by atoms with Crippen LogP contribution in [-0.4, -0.2) is 63.3 Å². The molecule has 5 heteroatoms. The van der Waals surface area contributed by atoms with Gasteiger partial charge in [-0.05, 0) is 27.8 Å². The molecule has 1 aliphatic rings. The van der Waals surface area contributed by atoms with Crippen molar-refractivity contribution in [3.8, 4) is 0 Å². The molecule has 1 aliphatic heterocycles. The van der Waals surface area contributed by atoms with E-state index in [2.05, 4.69) is 20.3 Å². The Labute approximate surface area is 105 Å². The van der Waals surface area contributed by atoms with Gasteiger partial charge in [-0.3, -0.25) is 9.69 Å². The maximum Gasteiger partial charge on any atom is 0.293 e. The SMILES string of the molecule is CC(C)(C)OC=O.CNCCN1CCNCC1. The van der Waals surface area contributed by atoms with E-state index in [4.69, 9.17) is 0 Å². The van der Waals surface area contributed by atoms with Crippen LogP contribution in [0, 0.1) is 0 Å². The first-order chi connectivity index (χ1) is 7.99. The number of nitrogens with one attached hydrogen (secondary N) is 2. The van der Waals surface area contributed by atoms with Crippen LogP contribution in [0.15, 0.2) is 0 Å². The van der Waals surface area contributed by atoms with Crippen LogP contribution in [0.3, 0.4) is 0 Å². The van der Waals surface area contributed by atoms with Crippen molar-refractivity contribution in [3.63, 3.8) is 0 Å². The highest BCUT2D eigenvalue weighted by atomic mass is 16.5. The molecule has 5 nitrogen and oxygen atoms in total. The highest BCUT2D eigenvalue weighted by Crippen LogP contribution is 2.02. The van der Waals surface area contributed by atoms with Crippen molar-refractivity contribution < 1.29 is 9.53 Å². The van der Waals surface area contributed by atoms with Crippen LogP contribution in [-0.2, 0) is 9.53 Å². The molecule has 17 heavy (non-hydrogen) atoms. The second-order valence-electron chi connectivity index (χ2n) is 5.02. The van der Waals surface area contributed by atoms with Crippen molar-refractivity contribution in [3.05, 3.63) is 0 Å². The lowest BCUT2D eigenvalue weighted by Gasteiger charge is -2.26. The van der Waals surface area contributed by atoms with E-state index in [0.717, 1.165) is 19.6 Å². The molecule has 2 N–H and O–H groups in total. The molecule has 0 aromatic carbocycles. The minimum absolute atomic E-state index is 0.318. The third-order valence-electron chi connectivity index (χ3n) is 2.29. The lowest BCUT2D eigenvalue weighted by molar-refractivity contribution is -0.138. The number of ether oxygens (including phenoxy) is 1. The molecule has 1 fully saturated rings. The van der Waals surface area contributed by atoms with Crippen LogP contribution in [0.5, 0.6) is 0 Å². The van der Waals surface area contributed by atoms with Gasteiger partial charge in [0.05, 0.1) is 0 Å². The van der Waals surface area contributed by atoms with Crippen LogP contribution in [0.1, 0.15) is 20.8 Å². The van der Waals surface area contributed by atoms with Crippen LogP contribution in [0.25, 0.3) is 0 Å². The van der Waals surface area contributed by atoms with Crippen molar-refractivity contribution in [2.45, 2.75) is 26.4 Å². The summed E-state index contributed by atoms with van der Waals surface area (Å²) in [6, 6.07) is 0. The molecular weight excluding hydrogens is 218 g/mol. The van der Waals surface area contributed by atoms with E-state index in [0.29, 0.717) is 6.47 Å². The molecule has 1 saturated heterocycles. The molecule has 0 radical (unpaired) electrons. The number of rotatable bonds is 4. The topological polar surface area (TPSA) is 53.6 Å². The Bertz CT molecular complexity index is 187. The number of piperazine rings is 1. The summed E-state index contributed by atoms with van der Waals surface area (Å²) < 4.78 is 4.55. The maximum atomic E-state index is 9.60. The van der Waals surface area contributed by atoms with Gasteiger partial charge in [0.2, 0.25) is 0 Å². The highest BCUT2D eigenvalue weighted by molar-refractivity contribution is 5.37. The van der Waals surface area contributed by atoms with Crippen LogP contribution >= 0.6 is 0 Å². The fourth-order valence-electron chi connectivity index (χ4n) is 1.35. The molecule has 0 aromatic rings. The third kappa shape index (κ3) is 11.6. The molecule has 0 atom stereocenters. The average molecular weight is 245 g/mol. The lowest BCUT2D eigenvalue weighted by atomic mass is 10.2. The fraction of sp³-hybridized carbons (Fsp3) is 0.917.